The molecule has 0 atom stereocenters. The number of aromatic nitrogens is 1. The summed E-state index contributed by atoms with van der Waals surface area (Å²) in [6.45, 7) is 0. The van der Waals surface area contributed by atoms with Gasteiger partial charge in [-0.25, -0.2) is 0 Å². The van der Waals surface area contributed by atoms with Crippen LogP contribution in [0.25, 0.3) is 10.9 Å². The average molecular weight is 253 g/mol. The molecule has 0 saturated carbocycles. The van der Waals surface area contributed by atoms with E-state index in [1.807, 2.05) is 48.5 Å². The van der Waals surface area contributed by atoms with Crippen LogP contribution >= 0.6 is 11.8 Å². The molecule has 0 aliphatic carbocycles. The third kappa shape index (κ3) is 2.05. The van der Waals surface area contributed by atoms with Crippen LogP contribution in [0.3, 0.4) is 0 Å². The van der Waals surface area contributed by atoms with Crippen molar-refractivity contribution < 1.29 is 4.73 Å². The van der Waals surface area contributed by atoms with E-state index in [4.69, 9.17) is 0 Å². The monoisotopic (exact) mass is 253 g/mol. The standard InChI is InChI=1S/C15H11NOS/c17-16-11-10-15(13-8-4-5-9-14(13)16)18-12-6-2-1-3-7-12/h1-11H. The largest absolute Gasteiger partial charge is 0.618 e. The zero-order valence-electron chi connectivity index (χ0n) is 9.61. The zero-order chi connectivity index (χ0) is 12.4. The number of hydrogen-bond acceptors (Lipinski definition) is 2. The quantitative estimate of drug-likeness (QED) is 0.515. The van der Waals surface area contributed by atoms with Gasteiger partial charge in [-0.15, -0.1) is 0 Å². The second-order valence-corrected chi connectivity index (χ2v) is 5.05. The van der Waals surface area contributed by atoms with Gasteiger partial charge in [-0.1, -0.05) is 42.1 Å². The molecule has 0 bridgehead atoms. The maximum atomic E-state index is 11.7. The number of fused-ring (bicyclic) bond motifs is 1. The first-order chi connectivity index (χ1) is 8.84. The number of pyridine rings is 1. The number of hydrogen-bond donors (Lipinski definition) is 0. The smallest absolute Gasteiger partial charge is 0.224 e. The molecule has 0 N–H and O–H groups in total. The minimum Gasteiger partial charge on any atom is -0.618 e. The molecule has 0 amide bonds. The van der Waals surface area contributed by atoms with Gasteiger partial charge < -0.3 is 5.21 Å². The van der Waals surface area contributed by atoms with Crippen molar-refractivity contribution in [3.8, 4) is 0 Å². The predicted octanol–water partition coefficient (Wildman–Crippen LogP) is 3.62. The van der Waals surface area contributed by atoms with E-state index in [0.717, 1.165) is 15.0 Å². The van der Waals surface area contributed by atoms with Gasteiger partial charge in [0.25, 0.3) is 0 Å². The van der Waals surface area contributed by atoms with Gasteiger partial charge in [0.05, 0.1) is 5.39 Å². The predicted molar refractivity (Wildman–Crippen MR) is 73.5 cm³/mol. The molecular weight excluding hydrogens is 242 g/mol. The number of rotatable bonds is 2. The molecule has 0 radical (unpaired) electrons. The van der Waals surface area contributed by atoms with Crippen LogP contribution in [0.15, 0.2) is 76.7 Å². The fraction of sp³-hybridized carbons (Fsp3) is 0. The van der Waals surface area contributed by atoms with E-state index in [1.54, 1.807) is 18.0 Å². The van der Waals surface area contributed by atoms with E-state index in [2.05, 4.69) is 12.1 Å². The Bertz CT molecular complexity index is 682. The van der Waals surface area contributed by atoms with Gasteiger partial charge in [-0.3, -0.25) is 0 Å². The highest BCUT2D eigenvalue weighted by molar-refractivity contribution is 7.99. The molecule has 0 unspecified atom stereocenters. The molecule has 0 aliphatic rings. The number of para-hydroxylation sites is 1. The van der Waals surface area contributed by atoms with Crippen molar-refractivity contribution in [2.24, 2.45) is 0 Å². The van der Waals surface area contributed by atoms with E-state index < -0.39 is 0 Å². The van der Waals surface area contributed by atoms with Crippen molar-refractivity contribution in [2.45, 2.75) is 9.79 Å². The van der Waals surface area contributed by atoms with Gasteiger partial charge >= 0.3 is 0 Å². The lowest BCUT2D eigenvalue weighted by atomic mass is 10.2. The average Bonchev–Trinajstić information content (AvgIpc) is 2.44. The summed E-state index contributed by atoms with van der Waals surface area (Å²) >= 11 is 1.67. The van der Waals surface area contributed by atoms with Crippen molar-refractivity contribution in [1.29, 1.82) is 0 Å². The van der Waals surface area contributed by atoms with Crippen molar-refractivity contribution >= 4 is 22.7 Å². The Kier molecular flexibility index (Phi) is 2.90. The Hall–Kier alpha value is -2.00. The molecule has 18 heavy (non-hydrogen) atoms. The normalized spacial score (nSPS) is 10.7. The van der Waals surface area contributed by atoms with Crippen LogP contribution in [-0.2, 0) is 0 Å². The molecule has 3 heteroatoms. The van der Waals surface area contributed by atoms with Gasteiger partial charge in [-0.05, 0) is 18.2 Å². The molecule has 0 saturated heterocycles. The molecule has 1 heterocycles. The molecular formula is C15H11NOS. The van der Waals surface area contributed by atoms with Crippen LogP contribution in [-0.4, -0.2) is 0 Å². The van der Waals surface area contributed by atoms with Gasteiger partial charge in [0.1, 0.15) is 0 Å². The highest BCUT2D eigenvalue weighted by Crippen LogP contribution is 2.31. The maximum Gasteiger partial charge on any atom is 0.224 e. The fourth-order valence-corrected chi connectivity index (χ4v) is 2.84. The van der Waals surface area contributed by atoms with Crippen molar-refractivity contribution in [3.63, 3.8) is 0 Å². The van der Waals surface area contributed by atoms with Crippen LogP contribution in [0.1, 0.15) is 0 Å². The molecule has 2 nitrogen and oxygen atoms in total. The Labute approximate surface area is 109 Å². The summed E-state index contributed by atoms with van der Waals surface area (Å²) < 4.78 is 0.907. The van der Waals surface area contributed by atoms with Crippen molar-refractivity contribution in [3.05, 3.63) is 72.1 Å². The lowest BCUT2D eigenvalue weighted by Gasteiger charge is -2.06. The van der Waals surface area contributed by atoms with Gasteiger partial charge in [0.2, 0.25) is 5.52 Å². The highest BCUT2D eigenvalue weighted by atomic mass is 32.2. The molecule has 0 spiro atoms. The van der Waals surface area contributed by atoms with Crippen LogP contribution < -0.4 is 4.73 Å². The third-order valence-corrected chi connectivity index (χ3v) is 3.82. The number of nitrogens with zero attached hydrogens (tertiary/aromatic N) is 1. The summed E-state index contributed by atoms with van der Waals surface area (Å²) in [5, 5.41) is 12.7. The summed E-state index contributed by atoms with van der Waals surface area (Å²) in [5.74, 6) is 0. The Morgan fingerprint density at radius 3 is 2.39 bits per heavy atom. The SMILES string of the molecule is [O-][n+]1ccc(Sc2ccccc2)c2ccccc21. The van der Waals surface area contributed by atoms with Gasteiger partial charge in [-0.2, -0.15) is 4.73 Å². The van der Waals surface area contributed by atoms with E-state index in [9.17, 15) is 5.21 Å². The molecule has 1 aromatic heterocycles. The van der Waals surface area contributed by atoms with Crippen molar-refractivity contribution in [2.75, 3.05) is 0 Å². The second-order valence-electron chi connectivity index (χ2n) is 3.94. The molecule has 0 fully saturated rings. The Morgan fingerprint density at radius 2 is 1.56 bits per heavy atom. The first kappa shape index (κ1) is 11.1. The summed E-state index contributed by atoms with van der Waals surface area (Å²) in [6, 6.07) is 19.7. The highest BCUT2D eigenvalue weighted by Gasteiger charge is 2.08. The van der Waals surface area contributed by atoms with Crippen molar-refractivity contribution in [1.82, 2.24) is 0 Å². The molecule has 2 aromatic carbocycles. The first-order valence-corrected chi connectivity index (χ1v) is 6.50. The molecule has 3 rings (SSSR count). The zero-order valence-corrected chi connectivity index (χ0v) is 10.4. The van der Waals surface area contributed by atoms with Crippen LogP contribution in [0, 0.1) is 5.21 Å². The molecule has 0 aliphatic heterocycles. The summed E-state index contributed by atoms with van der Waals surface area (Å²) in [6.07, 6.45) is 1.56. The van der Waals surface area contributed by atoms with Gasteiger partial charge in [0, 0.05) is 21.9 Å². The van der Waals surface area contributed by atoms with Crippen LogP contribution in [0.5, 0.6) is 0 Å². The maximum absolute atomic E-state index is 11.7. The lowest BCUT2D eigenvalue weighted by Crippen LogP contribution is -2.25. The summed E-state index contributed by atoms with van der Waals surface area (Å²) in [7, 11) is 0. The Balaban J connectivity index is 2.10. The van der Waals surface area contributed by atoms with E-state index in [1.165, 1.54) is 4.90 Å². The third-order valence-electron chi connectivity index (χ3n) is 2.74. The fourth-order valence-electron chi connectivity index (χ4n) is 1.88. The minimum absolute atomic E-state index is 0.707. The van der Waals surface area contributed by atoms with Crippen LogP contribution in [0.2, 0.25) is 0 Å². The lowest BCUT2D eigenvalue weighted by molar-refractivity contribution is -0.577. The Morgan fingerprint density at radius 1 is 0.833 bits per heavy atom. The van der Waals surface area contributed by atoms with E-state index in [0.29, 0.717) is 5.52 Å². The first-order valence-electron chi connectivity index (χ1n) is 5.68. The summed E-state index contributed by atoms with van der Waals surface area (Å²) in [4.78, 5) is 2.27. The second kappa shape index (κ2) is 4.70. The number of benzene rings is 2. The van der Waals surface area contributed by atoms with E-state index >= 15 is 0 Å². The molecule has 88 valence electrons. The summed E-state index contributed by atoms with van der Waals surface area (Å²) in [5.41, 5.74) is 0.707. The van der Waals surface area contributed by atoms with Crippen LogP contribution in [0.4, 0.5) is 0 Å². The molecule has 3 aromatic rings. The topological polar surface area (TPSA) is 26.9 Å². The minimum atomic E-state index is 0.707. The van der Waals surface area contributed by atoms with E-state index in [-0.39, 0.29) is 0 Å². The van der Waals surface area contributed by atoms with Gasteiger partial charge in [0.15, 0.2) is 6.20 Å².